The van der Waals surface area contributed by atoms with Crippen molar-refractivity contribution in [2.24, 2.45) is 0 Å². The second kappa shape index (κ2) is 6.44. The van der Waals surface area contributed by atoms with Crippen LogP contribution >= 0.6 is 23.2 Å². The second-order valence-corrected chi connectivity index (χ2v) is 5.25. The number of nitrogens with one attached hydrogen (secondary N) is 1. The summed E-state index contributed by atoms with van der Waals surface area (Å²) < 4.78 is 19.7. The quantitative estimate of drug-likeness (QED) is 0.837. The standard InChI is InChI=1S/C15H14Cl2FNO/c1-9(19-2)13-4-3-5-14(18)15(13)20-12-7-10(16)6-11(17)8-12/h3-9,19H,1-2H3. The molecule has 0 aliphatic rings. The first-order valence-electron chi connectivity index (χ1n) is 6.11. The summed E-state index contributed by atoms with van der Waals surface area (Å²) in [5.74, 6) is 0.144. The Bertz CT molecular complexity index is 599. The third-order valence-corrected chi connectivity index (χ3v) is 3.39. The smallest absolute Gasteiger partial charge is 0.167 e. The molecule has 2 aromatic carbocycles. The van der Waals surface area contributed by atoms with E-state index in [0.29, 0.717) is 15.8 Å². The minimum atomic E-state index is -0.430. The van der Waals surface area contributed by atoms with Crippen LogP contribution < -0.4 is 10.1 Å². The molecule has 2 aromatic rings. The molecule has 0 aliphatic heterocycles. The molecule has 0 bridgehead atoms. The van der Waals surface area contributed by atoms with E-state index in [1.807, 2.05) is 13.0 Å². The van der Waals surface area contributed by atoms with Gasteiger partial charge in [-0.15, -0.1) is 0 Å². The number of para-hydroxylation sites is 1. The molecule has 1 atom stereocenters. The third kappa shape index (κ3) is 3.42. The number of hydrogen-bond donors (Lipinski definition) is 1. The van der Waals surface area contributed by atoms with E-state index in [0.717, 1.165) is 5.56 Å². The molecular formula is C15H14Cl2FNO. The summed E-state index contributed by atoms with van der Waals surface area (Å²) in [6.07, 6.45) is 0. The van der Waals surface area contributed by atoms with E-state index in [9.17, 15) is 4.39 Å². The molecule has 5 heteroatoms. The molecule has 20 heavy (non-hydrogen) atoms. The van der Waals surface area contributed by atoms with E-state index >= 15 is 0 Å². The number of benzene rings is 2. The maximum absolute atomic E-state index is 14.0. The van der Waals surface area contributed by atoms with E-state index in [1.165, 1.54) is 6.07 Å². The Hall–Kier alpha value is -1.29. The highest BCUT2D eigenvalue weighted by molar-refractivity contribution is 6.34. The largest absolute Gasteiger partial charge is 0.454 e. The van der Waals surface area contributed by atoms with Gasteiger partial charge in [0.2, 0.25) is 0 Å². The first-order valence-corrected chi connectivity index (χ1v) is 6.86. The van der Waals surface area contributed by atoms with Crippen molar-refractivity contribution < 1.29 is 9.13 Å². The molecule has 0 amide bonds. The Balaban J connectivity index is 2.42. The van der Waals surface area contributed by atoms with Crippen LogP contribution in [-0.4, -0.2) is 7.05 Å². The molecular weight excluding hydrogens is 300 g/mol. The SMILES string of the molecule is CNC(C)c1cccc(F)c1Oc1cc(Cl)cc(Cl)c1. The van der Waals surface area contributed by atoms with E-state index in [1.54, 1.807) is 31.3 Å². The molecule has 2 rings (SSSR count). The van der Waals surface area contributed by atoms with Crippen LogP contribution in [0.5, 0.6) is 11.5 Å². The van der Waals surface area contributed by atoms with Gasteiger partial charge in [0.1, 0.15) is 5.75 Å². The van der Waals surface area contributed by atoms with Gasteiger partial charge in [-0.3, -0.25) is 0 Å². The summed E-state index contributed by atoms with van der Waals surface area (Å²) in [5, 5.41) is 3.93. The Morgan fingerprint density at radius 1 is 1.15 bits per heavy atom. The highest BCUT2D eigenvalue weighted by Gasteiger charge is 2.15. The van der Waals surface area contributed by atoms with Gasteiger partial charge in [-0.05, 0) is 38.2 Å². The van der Waals surface area contributed by atoms with Crippen LogP contribution in [0.15, 0.2) is 36.4 Å². The topological polar surface area (TPSA) is 21.3 Å². The van der Waals surface area contributed by atoms with Gasteiger partial charge in [-0.25, -0.2) is 4.39 Å². The van der Waals surface area contributed by atoms with Gasteiger partial charge in [-0.2, -0.15) is 0 Å². The fourth-order valence-electron chi connectivity index (χ4n) is 1.83. The zero-order valence-electron chi connectivity index (χ0n) is 11.1. The molecule has 0 aliphatic carbocycles. The lowest BCUT2D eigenvalue weighted by molar-refractivity contribution is 0.428. The predicted octanol–water partition coefficient (Wildman–Crippen LogP) is 5.21. The summed E-state index contributed by atoms with van der Waals surface area (Å²) in [7, 11) is 1.80. The second-order valence-electron chi connectivity index (χ2n) is 4.38. The van der Waals surface area contributed by atoms with Crippen molar-refractivity contribution in [3.05, 3.63) is 57.8 Å². The van der Waals surface area contributed by atoms with E-state index < -0.39 is 5.82 Å². The normalized spacial score (nSPS) is 12.2. The summed E-state index contributed by atoms with van der Waals surface area (Å²) >= 11 is 11.8. The molecule has 106 valence electrons. The summed E-state index contributed by atoms with van der Waals surface area (Å²) in [5.41, 5.74) is 0.726. The van der Waals surface area contributed by atoms with Gasteiger partial charge < -0.3 is 10.1 Å². The molecule has 0 heterocycles. The Morgan fingerprint density at radius 3 is 2.40 bits per heavy atom. The number of rotatable bonds is 4. The molecule has 0 radical (unpaired) electrons. The average molecular weight is 314 g/mol. The highest BCUT2D eigenvalue weighted by atomic mass is 35.5. The van der Waals surface area contributed by atoms with Crippen molar-refractivity contribution in [3.8, 4) is 11.5 Å². The van der Waals surface area contributed by atoms with Crippen LogP contribution in [-0.2, 0) is 0 Å². The lowest BCUT2D eigenvalue weighted by atomic mass is 10.1. The van der Waals surface area contributed by atoms with Crippen LogP contribution in [0.1, 0.15) is 18.5 Å². The Kier molecular flexibility index (Phi) is 4.86. The van der Waals surface area contributed by atoms with Crippen molar-refractivity contribution in [1.82, 2.24) is 5.32 Å². The highest BCUT2D eigenvalue weighted by Crippen LogP contribution is 2.34. The van der Waals surface area contributed by atoms with Crippen LogP contribution in [0, 0.1) is 5.82 Å². The molecule has 1 N–H and O–H groups in total. The van der Waals surface area contributed by atoms with E-state index in [-0.39, 0.29) is 11.8 Å². The number of ether oxygens (including phenoxy) is 1. The third-order valence-electron chi connectivity index (χ3n) is 2.95. The van der Waals surface area contributed by atoms with Crippen molar-refractivity contribution in [2.45, 2.75) is 13.0 Å². The van der Waals surface area contributed by atoms with Crippen LogP contribution in [0.4, 0.5) is 4.39 Å². The van der Waals surface area contributed by atoms with Gasteiger partial charge in [0.25, 0.3) is 0 Å². The minimum Gasteiger partial charge on any atom is -0.454 e. The maximum Gasteiger partial charge on any atom is 0.167 e. The molecule has 0 aromatic heterocycles. The predicted molar refractivity (Wildman–Crippen MR) is 80.4 cm³/mol. The van der Waals surface area contributed by atoms with Crippen molar-refractivity contribution in [3.63, 3.8) is 0 Å². The van der Waals surface area contributed by atoms with Gasteiger partial charge >= 0.3 is 0 Å². The molecule has 0 saturated carbocycles. The Labute approximate surface area is 127 Å². The zero-order chi connectivity index (χ0) is 14.7. The van der Waals surface area contributed by atoms with Gasteiger partial charge in [0.15, 0.2) is 11.6 Å². The molecule has 2 nitrogen and oxygen atoms in total. The fraction of sp³-hybridized carbons (Fsp3) is 0.200. The minimum absolute atomic E-state index is 0.0460. The van der Waals surface area contributed by atoms with E-state index in [4.69, 9.17) is 27.9 Å². The zero-order valence-corrected chi connectivity index (χ0v) is 12.6. The van der Waals surface area contributed by atoms with Gasteiger partial charge in [0, 0.05) is 21.7 Å². The maximum atomic E-state index is 14.0. The fourth-order valence-corrected chi connectivity index (χ4v) is 2.34. The van der Waals surface area contributed by atoms with Crippen LogP contribution in [0.2, 0.25) is 10.0 Å². The lowest BCUT2D eigenvalue weighted by Gasteiger charge is -2.17. The summed E-state index contributed by atoms with van der Waals surface area (Å²) in [6, 6.07) is 9.54. The lowest BCUT2D eigenvalue weighted by Crippen LogP contribution is -2.13. The molecule has 1 unspecified atom stereocenters. The number of hydrogen-bond acceptors (Lipinski definition) is 2. The van der Waals surface area contributed by atoms with Crippen molar-refractivity contribution >= 4 is 23.2 Å². The van der Waals surface area contributed by atoms with Crippen LogP contribution in [0.3, 0.4) is 0 Å². The molecule has 0 fully saturated rings. The van der Waals surface area contributed by atoms with Crippen LogP contribution in [0.25, 0.3) is 0 Å². The first kappa shape index (κ1) is 15.1. The van der Waals surface area contributed by atoms with Crippen molar-refractivity contribution in [1.29, 1.82) is 0 Å². The summed E-state index contributed by atoms with van der Waals surface area (Å²) in [6.45, 7) is 1.92. The first-order chi connectivity index (χ1) is 9.51. The van der Waals surface area contributed by atoms with Gasteiger partial charge in [-0.1, -0.05) is 35.3 Å². The average Bonchev–Trinajstić information content (AvgIpc) is 2.39. The van der Waals surface area contributed by atoms with Gasteiger partial charge in [0.05, 0.1) is 0 Å². The monoisotopic (exact) mass is 313 g/mol. The summed E-state index contributed by atoms with van der Waals surface area (Å²) in [4.78, 5) is 0. The molecule has 0 saturated heterocycles. The molecule has 0 spiro atoms. The van der Waals surface area contributed by atoms with E-state index in [2.05, 4.69) is 5.32 Å². The number of halogens is 3. The van der Waals surface area contributed by atoms with Crippen molar-refractivity contribution in [2.75, 3.05) is 7.05 Å². The Morgan fingerprint density at radius 2 is 1.80 bits per heavy atom.